The van der Waals surface area contributed by atoms with E-state index in [1.165, 1.54) is 84.2 Å². The Morgan fingerprint density at radius 1 is 0.816 bits per heavy atom. The molecule has 10 nitrogen and oxygen atoms in total. The molecular formula is C28H55N5O5. The number of nitrogens with two attached hydrogens (primary N) is 2. The number of hydrazine groups is 1. The molecule has 6 N–H and O–H groups in total. The van der Waals surface area contributed by atoms with E-state index in [4.69, 9.17) is 20.9 Å². The molecule has 0 aliphatic carbocycles. The molecule has 0 radical (unpaired) electrons. The van der Waals surface area contributed by atoms with Crippen LogP contribution in [0.2, 0.25) is 0 Å². The summed E-state index contributed by atoms with van der Waals surface area (Å²) in [5.41, 5.74) is 16.2. The van der Waals surface area contributed by atoms with Gasteiger partial charge in [-0.25, -0.2) is 10.9 Å². The van der Waals surface area contributed by atoms with Crippen molar-refractivity contribution in [3.05, 3.63) is 0 Å². The molecule has 0 aromatic heterocycles. The van der Waals surface area contributed by atoms with Crippen molar-refractivity contribution in [2.24, 2.45) is 16.5 Å². The van der Waals surface area contributed by atoms with Gasteiger partial charge in [0.15, 0.2) is 5.96 Å². The molecule has 1 unspecified atom stereocenters. The molecule has 0 heterocycles. The number of hydrogen-bond donors (Lipinski definition) is 4. The lowest BCUT2D eigenvalue weighted by molar-refractivity contribution is -0.146. The van der Waals surface area contributed by atoms with E-state index in [2.05, 4.69) is 22.8 Å². The summed E-state index contributed by atoms with van der Waals surface area (Å²) in [6.07, 6.45) is 19.9. The maximum absolute atomic E-state index is 12.1. The first-order chi connectivity index (χ1) is 18.4. The molecule has 0 saturated heterocycles. The number of unbranched alkanes of at least 4 members (excludes halogenated alkanes) is 13. The Kier molecular flexibility index (Phi) is 24.9. The van der Waals surface area contributed by atoms with Crippen LogP contribution < -0.4 is 22.3 Å². The van der Waals surface area contributed by atoms with Crippen molar-refractivity contribution in [3.8, 4) is 0 Å². The van der Waals surface area contributed by atoms with Gasteiger partial charge in [-0.1, -0.05) is 90.4 Å². The summed E-state index contributed by atoms with van der Waals surface area (Å²) in [5, 5.41) is 0. The quantitative estimate of drug-likeness (QED) is 0.0300. The number of rotatable bonds is 27. The standard InChI is InChI=1S/C28H55N5O5/c1-3-4-5-6-7-8-9-10-11-12-13-14-15-16-22-38-26(35)20-19-25(27(36)37-2)33-32-24(23-34)18-17-21-31-28(29)30/h23-25,32-33H,3-22H2,1-2H3,(H4,29,30,31)/t24-,25?/m1/s1. The van der Waals surface area contributed by atoms with Gasteiger partial charge in [-0.05, 0) is 25.7 Å². The number of nitrogens with zero attached hydrogens (tertiary/aromatic N) is 1. The summed E-state index contributed by atoms with van der Waals surface area (Å²) in [5.74, 6) is -0.872. The number of carbonyl (C=O) groups excluding carboxylic acids is 3. The minimum Gasteiger partial charge on any atom is -0.468 e. The van der Waals surface area contributed by atoms with Crippen LogP contribution in [0.5, 0.6) is 0 Å². The van der Waals surface area contributed by atoms with Crippen molar-refractivity contribution in [2.45, 2.75) is 135 Å². The molecule has 0 aliphatic rings. The summed E-state index contributed by atoms with van der Waals surface area (Å²) in [4.78, 5) is 39.3. The number of guanidine groups is 1. The zero-order valence-corrected chi connectivity index (χ0v) is 24.0. The van der Waals surface area contributed by atoms with Gasteiger partial charge in [-0.2, -0.15) is 0 Å². The number of aldehydes is 1. The van der Waals surface area contributed by atoms with Gasteiger partial charge in [0.05, 0.1) is 19.8 Å². The van der Waals surface area contributed by atoms with Crippen LogP contribution in [0.4, 0.5) is 0 Å². The Morgan fingerprint density at radius 2 is 1.37 bits per heavy atom. The van der Waals surface area contributed by atoms with Gasteiger partial charge in [-0.3, -0.25) is 14.6 Å². The highest BCUT2D eigenvalue weighted by molar-refractivity contribution is 5.77. The lowest BCUT2D eigenvalue weighted by Crippen LogP contribution is -2.51. The maximum Gasteiger partial charge on any atom is 0.324 e. The molecule has 222 valence electrons. The van der Waals surface area contributed by atoms with Crippen molar-refractivity contribution in [1.29, 1.82) is 0 Å². The summed E-state index contributed by atoms with van der Waals surface area (Å²) >= 11 is 0. The smallest absolute Gasteiger partial charge is 0.324 e. The second-order valence-electron chi connectivity index (χ2n) is 9.91. The van der Waals surface area contributed by atoms with Crippen LogP contribution in [0.15, 0.2) is 4.99 Å². The summed E-state index contributed by atoms with van der Waals surface area (Å²) in [7, 11) is 1.28. The fourth-order valence-electron chi connectivity index (χ4n) is 4.11. The topological polar surface area (TPSA) is 158 Å². The van der Waals surface area contributed by atoms with Gasteiger partial charge in [0.2, 0.25) is 0 Å². The van der Waals surface area contributed by atoms with Gasteiger partial charge in [0.1, 0.15) is 12.3 Å². The van der Waals surface area contributed by atoms with E-state index in [9.17, 15) is 14.4 Å². The average Bonchev–Trinajstić information content (AvgIpc) is 2.91. The Hall–Kier alpha value is -2.20. The van der Waals surface area contributed by atoms with Crippen LogP contribution >= 0.6 is 0 Å². The molecule has 0 aromatic carbocycles. The average molecular weight is 542 g/mol. The molecule has 2 atom stereocenters. The third-order valence-corrected chi connectivity index (χ3v) is 6.46. The first-order valence-corrected chi connectivity index (χ1v) is 14.7. The third kappa shape index (κ3) is 23.0. The summed E-state index contributed by atoms with van der Waals surface area (Å²) in [6.45, 7) is 3.06. The van der Waals surface area contributed by atoms with Crippen LogP contribution in [0.1, 0.15) is 122 Å². The van der Waals surface area contributed by atoms with E-state index >= 15 is 0 Å². The van der Waals surface area contributed by atoms with Crippen LogP contribution in [0, 0.1) is 0 Å². The Bertz CT molecular complexity index is 629. The van der Waals surface area contributed by atoms with E-state index < -0.39 is 18.1 Å². The van der Waals surface area contributed by atoms with Crippen LogP contribution in [0.3, 0.4) is 0 Å². The highest BCUT2D eigenvalue weighted by Gasteiger charge is 2.21. The van der Waals surface area contributed by atoms with Crippen molar-refractivity contribution >= 4 is 24.2 Å². The number of aliphatic imine (C=N–C) groups is 1. The molecule has 10 heteroatoms. The molecule has 38 heavy (non-hydrogen) atoms. The van der Waals surface area contributed by atoms with Gasteiger partial charge in [-0.15, -0.1) is 0 Å². The van der Waals surface area contributed by atoms with E-state index in [1.807, 2.05) is 0 Å². The van der Waals surface area contributed by atoms with E-state index in [0.29, 0.717) is 26.0 Å². The number of nitrogens with one attached hydrogen (secondary N) is 2. The van der Waals surface area contributed by atoms with Crippen molar-refractivity contribution in [1.82, 2.24) is 10.9 Å². The molecule has 0 aromatic rings. The Balaban J connectivity index is 3.86. The largest absolute Gasteiger partial charge is 0.468 e. The minimum absolute atomic E-state index is 0.000670. The van der Waals surface area contributed by atoms with Crippen molar-refractivity contribution in [2.75, 3.05) is 20.3 Å². The number of esters is 2. The van der Waals surface area contributed by atoms with Crippen LogP contribution in [0.25, 0.3) is 0 Å². The molecule has 0 saturated carbocycles. The molecule has 0 aliphatic heterocycles. The number of ether oxygens (including phenoxy) is 2. The van der Waals surface area contributed by atoms with E-state index in [-0.39, 0.29) is 24.8 Å². The first-order valence-electron chi connectivity index (χ1n) is 14.7. The van der Waals surface area contributed by atoms with Crippen LogP contribution in [-0.2, 0) is 23.9 Å². The minimum atomic E-state index is -0.784. The lowest BCUT2D eigenvalue weighted by atomic mass is 10.0. The zero-order valence-electron chi connectivity index (χ0n) is 24.0. The monoisotopic (exact) mass is 541 g/mol. The SMILES string of the molecule is CCCCCCCCCCCCCCCCOC(=O)CCC(NN[C@@H](C=O)CCCN=C(N)N)C(=O)OC. The van der Waals surface area contributed by atoms with Crippen molar-refractivity contribution in [3.63, 3.8) is 0 Å². The lowest BCUT2D eigenvalue weighted by Gasteiger charge is -2.20. The Labute approximate surface area is 230 Å². The number of carbonyl (C=O) groups is 3. The first kappa shape index (κ1) is 35.8. The van der Waals surface area contributed by atoms with Gasteiger partial charge < -0.3 is 25.7 Å². The molecule has 0 amide bonds. The van der Waals surface area contributed by atoms with E-state index in [1.54, 1.807) is 0 Å². The molecule has 0 bridgehead atoms. The maximum atomic E-state index is 12.1. The third-order valence-electron chi connectivity index (χ3n) is 6.46. The van der Waals surface area contributed by atoms with E-state index in [0.717, 1.165) is 19.1 Å². The molecule has 0 rings (SSSR count). The summed E-state index contributed by atoms with van der Waals surface area (Å²) < 4.78 is 10.1. The highest BCUT2D eigenvalue weighted by atomic mass is 16.5. The second-order valence-corrected chi connectivity index (χ2v) is 9.91. The normalized spacial score (nSPS) is 12.5. The second kappa shape index (κ2) is 26.4. The number of methoxy groups -OCH3 is 1. The zero-order chi connectivity index (χ0) is 28.3. The fourth-order valence-corrected chi connectivity index (χ4v) is 4.11. The predicted octanol–water partition coefficient (Wildman–Crippen LogP) is 4.05. The predicted molar refractivity (Wildman–Crippen MR) is 152 cm³/mol. The molecule has 0 spiro atoms. The van der Waals surface area contributed by atoms with Gasteiger partial charge in [0, 0.05) is 13.0 Å². The number of hydrogen-bond acceptors (Lipinski definition) is 8. The molecular weight excluding hydrogens is 486 g/mol. The van der Waals surface area contributed by atoms with Gasteiger partial charge >= 0.3 is 11.9 Å². The van der Waals surface area contributed by atoms with Gasteiger partial charge in [0.25, 0.3) is 0 Å². The highest BCUT2D eigenvalue weighted by Crippen LogP contribution is 2.13. The molecule has 0 fully saturated rings. The fraction of sp³-hybridized carbons (Fsp3) is 0.857. The Morgan fingerprint density at radius 3 is 1.87 bits per heavy atom. The van der Waals surface area contributed by atoms with Crippen LogP contribution in [-0.4, -0.2) is 56.5 Å². The summed E-state index contributed by atoms with van der Waals surface area (Å²) in [6, 6.07) is -1.32. The van der Waals surface area contributed by atoms with Crippen molar-refractivity contribution < 1.29 is 23.9 Å².